The van der Waals surface area contributed by atoms with Crippen LogP contribution in [0.15, 0.2) is 18.2 Å². The van der Waals surface area contributed by atoms with Gasteiger partial charge in [-0.3, -0.25) is 4.79 Å². The Kier molecular flexibility index (Phi) is 10.1. The fourth-order valence-electron chi connectivity index (χ4n) is 1.93. The van der Waals surface area contributed by atoms with E-state index in [1.165, 1.54) is 0 Å². The van der Waals surface area contributed by atoms with E-state index >= 15 is 0 Å². The van der Waals surface area contributed by atoms with E-state index in [2.05, 4.69) is 13.8 Å². The Hall–Kier alpha value is -1.69. The molecular weight excluding hydrogens is 304 g/mol. The van der Waals surface area contributed by atoms with E-state index < -0.39 is 23.4 Å². The second kappa shape index (κ2) is 10.9. The van der Waals surface area contributed by atoms with E-state index in [0.717, 1.165) is 37.5 Å². The van der Waals surface area contributed by atoms with E-state index in [0.29, 0.717) is 5.92 Å². The molecule has 23 heavy (non-hydrogen) atoms. The summed E-state index contributed by atoms with van der Waals surface area (Å²) in [6.45, 7) is 7.90. The highest BCUT2D eigenvalue weighted by molar-refractivity contribution is 5.75. The minimum atomic E-state index is -0.809. The van der Waals surface area contributed by atoms with Gasteiger partial charge in [0.05, 0.1) is 6.10 Å². The van der Waals surface area contributed by atoms with E-state index in [1.54, 1.807) is 6.92 Å². The molecule has 0 aliphatic rings. The fraction of sp³-hybridized carbons (Fsp3) is 0.588. The molecule has 0 bridgehead atoms. The van der Waals surface area contributed by atoms with Crippen molar-refractivity contribution in [1.82, 2.24) is 0 Å². The summed E-state index contributed by atoms with van der Waals surface area (Å²) < 4.78 is 29.3. The third-order valence-corrected chi connectivity index (χ3v) is 3.42. The SMILES string of the molecule is CCC(CC)CC(C)OC(=O)[C@H](C)N.Oc1cc(F)ccc1F. The normalized spacial score (nSPS) is 13.0. The molecule has 0 aromatic heterocycles. The molecule has 0 saturated heterocycles. The van der Waals surface area contributed by atoms with Gasteiger partial charge in [0.2, 0.25) is 0 Å². The first-order valence-electron chi connectivity index (χ1n) is 7.81. The Bertz CT molecular complexity index is 477. The van der Waals surface area contributed by atoms with Crippen LogP contribution in [0.4, 0.5) is 8.78 Å². The molecule has 1 aromatic carbocycles. The third-order valence-electron chi connectivity index (χ3n) is 3.42. The maximum Gasteiger partial charge on any atom is 0.322 e. The Morgan fingerprint density at radius 3 is 2.22 bits per heavy atom. The largest absolute Gasteiger partial charge is 0.505 e. The molecule has 1 rings (SSSR count). The fourth-order valence-corrected chi connectivity index (χ4v) is 1.93. The molecule has 0 aliphatic heterocycles. The van der Waals surface area contributed by atoms with Crippen LogP contribution in [0.1, 0.15) is 47.0 Å². The summed E-state index contributed by atoms with van der Waals surface area (Å²) in [6, 6.07) is 2.01. The first kappa shape index (κ1) is 21.3. The number of carbonyl (C=O) groups excluding carboxylic acids is 1. The number of phenols is 1. The summed E-state index contributed by atoms with van der Waals surface area (Å²) in [7, 11) is 0. The lowest BCUT2D eigenvalue weighted by Crippen LogP contribution is -2.32. The number of halogens is 2. The van der Waals surface area contributed by atoms with Crippen LogP contribution in [0.5, 0.6) is 5.75 Å². The Morgan fingerprint density at radius 2 is 1.83 bits per heavy atom. The molecule has 4 nitrogen and oxygen atoms in total. The number of hydrogen-bond acceptors (Lipinski definition) is 4. The van der Waals surface area contributed by atoms with E-state index in [-0.39, 0.29) is 12.1 Å². The van der Waals surface area contributed by atoms with Gasteiger partial charge in [-0.05, 0) is 38.3 Å². The maximum atomic E-state index is 12.1. The molecule has 0 fully saturated rings. The van der Waals surface area contributed by atoms with Crippen molar-refractivity contribution in [2.75, 3.05) is 0 Å². The minimum Gasteiger partial charge on any atom is -0.505 e. The minimum absolute atomic E-state index is 0.0154. The smallest absolute Gasteiger partial charge is 0.322 e. The van der Waals surface area contributed by atoms with Gasteiger partial charge in [-0.1, -0.05) is 26.7 Å². The Labute approximate surface area is 136 Å². The molecule has 1 unspecified atom stereocenters. The molecule has 1 aromatic rings. The highest BCUT2D eigenvalue weighted by atomic mass is 19.1. The first-order chi connectivity index (χ1) is 10.7. The summed E-state index contributed by atoms with van der Waals surface area (Å²) >= 11 is 0. The highest BCUT2D eigenvalue weighted by Gasteiger charge is 2.16. The first-order valence-corrected chi connectivity index (χ1v) is 7.81. The van der Waals surface area contributed by atoms with Crippen molar-refractivity contribution >= 4 is 5.97 Å². The van der Waals surface area contributed by atoms with Crippen LogP contribution >= 0.6 is 0 Å². The lowest BCUT2D eigenvalue weighted by molar-refractivity contribution is -0.150. The summed E-state index contributed by atoms with van der Waals surface area (Å²) in [5.41, 5.74) is 5.41. The third kappa shape index (κ3) is 9.13. The standard InChI is InChI=1S/C11H23NO2.C6H4F2O/c1-5-10(6-2)7-8(3)14-11(13)9(4)12;7-4-1-2-5(8)6(9)3-4/h8-10H,5-7,12H2,1-4H3;1-3,9H/t8?,9-;/m0./s1. The predicted octanol–water partition coefficient (Wildman–Crippen LogP) is 3.76. The second-order valence-electron chi connectivity index (χ2n) is 5.55. The van der Waals surface area contributed by atoms with Crippen LogP contribution in [0, 0.1) is 17.6 Å². The van der Waals surface area contributed by atoms with Crippen molar-refractivity contribution < 1.29 is 23.4 Å². The molecule has 0 amide bonds. The summed E-state index contributed by atoms with van der Waals surface area (Å²) in [6.07, 6.45) is 3.19. The number of phenolic OH excluding ortho intramolecular Hbond substituents is 1. The number of hydrogen-bond donors (Lipinski definition) is 2. The molecule has 0 saturated carbocycles. The van der Waals surface area contributed by atoms with Gasteiger partial charge in [0.25, 0.3) is 0 Å². The van der Waals surface area contributed by atoms with Gasteiger partial charge in [0.15, 0.2) is 11.6 Å². The van der Waals surface area contributed by atoms with Crippen LogP contribution < -0.4 is 5.73 Å². The number of rotatable bonds is 6. The number of ether oxygens (including phenoxy) is 1. The predicted molar refractivity (Wildman–Crippen MR) is 85.9 cm³/mol. The summed E-state index contributed by atoms with van der Waals surface area (Å²) in [5, 5.41) is 8.49. The lowest BCUT2D eigenvalue weighted by Gasteiger charge is -2.19. The summed E-state index contributed by atoms with van der Waals surface area (Å²) in [4.78, 5) is 11.2. The van der Waals surface area contributed by atoms with Crippen molar-refractivity contribution in [2.24, 2.45) is 11.7 Å². The molecule has 0 spiro atoms. The van der Waals surface area contributed by atoms with E-state index in [9.17, 15) is 13.6 Å². The van der Waals surface area contributed by atoms with Gasteiger partial charge in [-0.15, -0.1) is 0 Å². The molecule has 2 atom stereocenters. The number of nitrogens with two attached hydrogens (primary N) is 1. The van der Waals surface area contributed by atoms with Crippen LogP contribution in [-0.4, -0.2) is 23.2 Å². The second-order valence-corrected chi connectivity index (χ2v) is 5.55. The monoisotopic (exact) mass is 331 g/mol. The number of benzene rings is 1. The van der Waals surface area contributed by atoms with Gasteiger partial charge in [0, 0.05) is 6.07 Å². The molecular formula is C17H27F2NO3. The van der Waals surface area contributed by atoms with Crippen LogP contribution in [0.3, 0.4) is 0 Å². The number of carbonyl (C=O) groups is 1. The van der Waals surface area contributed by atoms with Gasteiger partial charge in [0.1, 0.15) is 11.9 Å². The van der Waals surface area contributed by atoms with Crippen molar-refractivity contribution in [3.8, 4) is 5.75 Å². The average molecular weight is 331 g/mol. The van der Waals surface area contributed by atoms with Crippen molar-refractivity contribution in [1.29, 1.82) is 0 Å². The summed E-state index contributed by atoms with van der Waals surface area (Å²) in [5.74, 6) is -1.77. The molecule has 6 heteroatoms. The van der Waals surface area contributed by atoms with Gasteiger partial charge < -0.3 is 15.6 Å². The van der Waals surface area contributed by atoms with Gasteiger partial charge >= 0.3 is 5.97 Å². The van der Waals surface area contributed by atoms with Crippen molar-refractivity contribution in [3.05, 3.63) is 29.8 Å². The molecule has 0 aliphatic carbocycles. The number of aromatic hydroxyl groups is 1. The van der Waals surface area contributed by atoms with Crippen LogP contribution in [0.25, 0.3) is 0 Å². The lowest BCUT2D eigenvalue weighted by atomic mass is 9.97. The molecule has 3 N–H and O–H groups in total. The Balaban J connectivity index is 0.000000459. The van der Waals surface area contributed by atoms with E-state index in [1.807, 2.05) is 6.92 Å². The van der Waals surface area contributed by atoms with Crippen molar-refractivity contribution in [2.45, 2.75) is 59.1 Å². The molecule has 132 valence electrons. The number of esters is 1. The van der Waals surface area contributed by atoms with Crippen LogP contribution in [-0.2, 0) is 9.53 Å². The quantitative estimate of drug-likeness (QED) is 0.779. The average Bonchev–Trinajstić information content (AvgIpc) is 2.49. The zero-order chi connectivity index (χ0) is 18.0. The highest BCUT2D eigenvalue weighted by Crippen LogP contribution is 2.16. The van der Waals surface area contributed by atoms with Crippen molar-refractivity contribution in [3.63, 3.8) is 0 Å². The molecule has 0 heterocycles. The zero-order valence-electron chi connectivity index (χ0n) is 14.2. The van der Waals surface area contributed by atoms with E-state index in [4.69, 9.17) is 15.6 Å². The Morgan fingerprint density at radius 1 is 1.26 bits per heavy atom. The zero-order valence-corrected chi connectivity index (χ0v) is 14.2. The topological polar surface area (TPSA) is 72.5 Å². The van der Waals surface area contributed by atoms with Gasteiger partial charge in [-0.25, -0.2) is 8.78 Å². The maximum absolute atomic E-state index is 12.1. The molecule has 0 radical (unpaired) electrons. The van der Waals surface area contributed by atoms with Crippen LogP contribution in [0.2, 0.25) is 0 Å². The van der Waals surface area contributed by atoms with Gasteiger partial charge in [-0.2, -0.15) is 0 Å².